The van der Waals surface area contributed by atoms with Crippen molar-refractivity contribution in [2.45, 2.75) is 15.2 Å². The summed E-state index contributed by atoms with van der Waals surface area (Å²) in [5.41, 5.74) is 12.5. The molecule has 2 aromatic rings. The van der Waals surface area contributed by atoms with E-state index in [1.165, 1.54) is 11.8 Å². The molecule has 2 rings (SSSR count). The Kier molecular flexibility index (Phi) is 5.69. The summed E-state index contributed by atoms with van der Waals surface area (Å²) >= 11 is 2.30. The predicted octanol–water partition coefficient (Wildman–Crippen LogP) is 3.13. The molecule has 24 heavy (non-hydrogen) atoms. The number of rotatable bonds is 5. The molecule has 1 atom stereocenters. The van der Waals surface area contributed by atoms with E-state index >= 15 is 0 Å². The first-order chi connectivity index (χ1) is 11.5. The monoisotopic (exact) mass is 355 g/mol. The molecule has 0 aliphatic rings. The molecule has 0 spiro atoms. The number of carbonyl (C=O) groups is 1. The van der Waals surface area contributed by atoms with Crippen LogP contribution in [-0.4, -0.2) is 17.1 Å². The Morgan fingerprint density at radius 1 is 1.42 bits per heavy atom. The number of carbonyl (C=O) groups excluding carboxylic acids is 1. The molecule has 1 aromatic heterocycles. The normalized spacial score (nSPS) is 11.3. The number of hydrogen-bond acceptors (Lipinski definition) is 6. The highest BCUT2D eigenvalue weighted by Gasteiger charge is 2.25. The van der Waals surface area contributed by atoms with Crippen molar-refractivity contribution in [2.24, 2.45) is 5.73 Å². The van der Waals surface area contributed by atoms with E-state index in [4.69, 9.17) is 18.0 Å². The van der Waals surface area contributed by atoms with Gasteiger partial charge in [0.25, 0.3) is 0 Å². The third-order valence-electron chi connectivity index (χ3n) is 3.14. The van der Waals surface area contributed by atoms with Gasteiger partial charge in [0, 0.05) is 4.90 Å². The van der Waals surface area contributed by atoms with Gasteiger partial charge in [0.1, 0.15) is 22.2 Å². The predicted molar refractivity (Wildman–Crippen MR) is 95.6 cm³/mol. The lowest BCUT2D eigenvalue weighted by atomic mass is 10.1. The number of thioether (sulfide) groups is 2. The minimum Gasteiger partial charge on any atom is -0.392 e. The lowest BCUT2D eigenvalue weighted by molar-refractivity contribution is -0.117. The van der Waals surface area contributed by atoms with E-state index in [1.807, 2.05) is 6.07 Å². The van der Waals surface area contributed by atoms with Crippen molar-refractivity contribution in [2.75, 3.05) is 12.0 Å². The number of primary amides is 1. The van der Waals surface area contributed by atoms with Crippen LogP contribution in [0.25, 0.3) is 4.85 Å². The Balaban J connectivity index is 2.56. The summed E-state index contributed by atoms with van der Waals surface area (Å²) in [5.74, 6) is -0.512. The van der Waals surface area contributed by atoms with Crippen LogP contribution in [0, 0.1) is 17.9 Å². The lowest BCUT2D eigenvalue weighted by Crippen LogP contribution is -2.19. The van der Waals surface area contributed by atoms with Gasteiger partial charge in [-0.3, -0.25) is 4.79 Å². The van der Waals surface area contributed by atoms with Crippen molar-refractivity contribution in [1.82, 2.24) is 4.98 Å². The number of pyridine rings is 1. The van der Waals surface area contributed by atoms with Gasteiger partial charge in [-0.2, -0.15) is 5.26 Å². The molecule has 1 aromatic carbocycles. The first-order valence-corrected chi connectivity index (χ1v) is 8.79. The summed E-state index contributed by atoms with van der Waals surface area (Å²) in [6.45, 7) is 7.22. The Morgan fingerprint density at radius 2 is 2.08 bits per heavy atom. The average Bonchev–Trinajstić information content (AvgIpc) is 2.59. The maximum Gasteiger partial charge on any atom is 0.242 e. The number of anilines is 1. The molecule has 8 heteroatoms. The molecule has 1 unspecified atom stereocenters. The molecule has 0 aliphatic carbocycles. The quantitative estimate of drug-likeness (QED) is 0.630. The molecule has 0 saturated heterocycles. The summed E-state index contributed by atoms with van der Waals surface area (Å²) in [5, 5.41) is 9.07. The molecule has 6 nitrogen and oxygen atoms in total. The van der Waals surface area contributed by atoms with Crippen LogP contribution in [0.15, 0.2) is 40.3 Å². The number of nitrogens with two attached hydrogens (primary N) is 2. The number of hydrogen-bond donors (Lipinski definition) is 2. The fourth-order valence-corrected chi connectivity index (χ4v) is 3.87. The first kappa shape index (κ1) is 17.7. The van der Waals surface area contributed by atoms with Crippen molar-refractivity contribution in [1.29, 1.82) is 5.26 Å². The summed E-state index contributed by atoms with van der Waals surface area (Å²) in [7, 11) is 0. The van der Waals surface area contributed by atoms with Gasteiger partial charge in [-0.1, -0.05) is 42.1 Å². The van der Waals surface area contributed by atoms with E-state index in [-0.39, 0.29) is 17.1 Å². The molecular weight excluding hydrogens is 342 g/mol. The summed E-state index contributed by atoms with van der Waals surface area (Å²) < 4.78 is 0. The maximum absolute atomic E-state index is 11.9. The number of nitrogens with zero attached hydrogens (tertiary/aromatic N) is 3. The van der Waals surface area contributed by atoms with Gasteiger partial charge in [-0.15, -0.1) is 11.8 Å². The fourth-order valence-electron chi connectivity index (χ4n) is 2.07. The van der Waals surface area contributed by atoms with Crippen LogP contribution in [0.4, 0.5) is 11.5 Å². The van der Waals surface area contributed by atoms with Crippen LogP contribution >= 0.6 is 23.5 Å². The molecular formula is C16H13N5OS2. The van der Waals surface area contributed by atoms with Gasteiger partial charge in [0.15, 0.2) is 0 Å². The van der Waals surface area contributed by atoms with Gasteiger partial charge < -0.3 is 11.5 Å². The van der Waals surface area contributed by atoms with Crippen LogP contribution in [0.1, 0.15) is 16.4 Å². The van der Waals surface area contributed by atoms with Crippen molar-refractivity contribution in [3.8, 4) is 6.07 Å². The minimum atomic E-state index is -0.710. The van der Waals surface area contributed by atoms with E-state index in [1.54, 1.807) is 30.5 Å². The zero-order valence-corrected chi connectivity index (χ0v) is 14.3. The molecule has 0 saturated carbocycles. The molecule has 120 valence electrons. The van der Waals surface area contributed by atoms with Gasteiger partial charge >= 0.3 is 0 Å². The Hall–Kier alpha value is -2.68. The Morgan fingerprint density at radius 3 is 2.58 bits per heavy atom. The minimum absolute atomic E-state index is 0.0344. The van der Waals surface area contributed by atoms with E-state index in [2.05, 4.69) is 15.9 Å². The van der Waals surface area contributed by atoms with Crippen molar-refractivity contribution < 1.29 is 4.79 Å². The second-order valence-corrected chi connectivity index (χ2v) is 6.50. The van der Waals surface area contributed by atoms with Crippen molar-refractivity contribution >= 4 is 40.9 Å². The number of benzene rings is 1. The molecule has 0 fully saturated rings. The SMILES string of the molecule is [C-]#[N+]c1c(N)nc(SC(C(N)=O)c2ccccc2)c(C#N)c1SC. The highest BCUT2D eigenvalue weighted by Crippen LogP contribution is 2.43. The van der Waals surface area contributed by atoms with Crippen LogP contribution in [0.2, 0.25) is 0 Å². The highest BCUT2D eigenvalue weighted by atomic mass is 32.2. The van der Waals surface area contributed by atoms with Gasteiger partial charge in [-0.05, 0) is 11.8 Å². The standard InChI is InChI=1S/C16H13N5OS2/c1-20-11-13(23-2)10(8-17)16(21-14(11)18)24-12(15(19)22)9-6-4-3-5-7-9/h3-7,12H,2H3,(H2,18,21)(H2,19,22). The second-order valence-electron chi connectivity index (χ2n) is 4.59. The topological polar surface area (TPSA) is 110 Å². The zero-order valence-electron chi connectivity index (χ0n) is 12.7. The molecule has 0 radical (unpaired) electrons. The second kappa shape index (κ2) is 7.73. The van der Waals surface area contributed by atoms with Crippen LogP contribution in [-0.2, 0) is 4.79 Å². The number of aromatic nitrogens is 1. The highest BCUT2D eigenvalue weighted by molar-refractivity contribution is 8.00. The van der Waals surface area contributed by atoms with Gasteiger partial charge in [0.2, 0.25) is 11.6 Å². The summed E-state index contributed by atoms with van der Waals surface area (Å²) in [6, 6.07) is 11.0. The van der Waals surface area contributed by atoms with Crippen molar-refractivity contribution in [3.05, 3.63) is 52.9 Å². The number of amides is 1. The summed E-state index contributed by atoms with van der Waals surface area (Å²) in [6.07, 6.45) is 1.75. The van der Waals surface area contributed by atoms with E-state index in [0.29, 0.717) is 15.5 Å². The Labute approximate surface area is 148 Å². The molecule has 4 N–H and O–H groups in total. The summed E-state index contributed by atoms with van der Waals surface area (Å²) in [4.78, 5) is 19.8. The van der Waals surface area contributed by atoms with E-state index < -0.39 is 11.2 Å². The molecule has 1 amide bonds. The van der Waals surface area contributed by atoms with Gasteiger partial charge in [0.05, 0.1) is 12.1 Å². The van der Waals surface area contributed by atoms with Gasteiger partial charge in [-0.25, -0.2) is 9.83 Å². The number of nitriles is 1. The molecule has 0 aliphatic heterocycles. The van der Waals surface area contributed by atoms with Crippen molar-refractivity contribution in [3.63, 3.8) is 0 Å². The lowest BCUT2D eigenvalue weighted by Gasteiger charge is -2.16. The van der Waals surface area contributed by atoms with Crippen LogP contribution in [0.3, 0.4) is 0 Å². The third kappa shape index (κ3) is 3.46. The fraction of sp³-hybridized carbons (Fsp3) is 0.125. The first-order valence-electron chi connectivity index (χ1n) is 6.69. The molecule has 1 heterocycles. The smallest absolute Gasteiger partial charge is 0.242 e. The van der Waals surface area contributed by atoms with E-state index in [9.17, 15) is 10.1 Å². The van der Waals surface area contributed by atoms with Crippen LogP contribution < -0.4 is 11.5 Å². The third-order valence-corrected chi connectivity index (χ3v) is 5.20. The zero-order chi connectivity index (χ0) is 17.7. The maximum atomic E-state index is 11.9. The van der Waals surface area contributed by atoms with Crippen LogP contribution in [0.5, 0.6) is 0 Å². The molecule has 0 bridgehead atoms. The number of nitrogen functional groups attached to an aromatic ring is 1. The Bertz CT molecular complexity index is 855. The largest absolute Gasteiger partial charge is 0.392 e. The average molecular weight is 355 g/mol. The van der Waals surface area contributed by atoms with E-state index in [0.717, 1.165) is 11.8 Å².